The summed E-state index contributed by atoms with van der Waals surface area (Å²) in [5.41, 5.74) is 6.85. The number of nitrogens with zero attached hydrogens (tertiary/aromatic N) is 2. The third-order valence-electron chi connectivity index (χ3n) is 10.1. The van der Waals surface area contributed by atoms with Crippen molar-refractivity contribution in [1.29, 1.82) is 0 Å². The van der Waals surface area contributed by atoms with Gasteiger partial charge in [-0.3, -0.25) is 0 Å². The SMILES string of the molecule is c1ccc(N(c2ccc3ccccc3c2)c2ccc3ccc4c(N(c5ccccc5)c5ccc6ccccc6c5)ccc5ccc2c3c54)cc1. The molecule has 0 spiro atoms. The Kier molecular flexibility index (Phi) is 6.53. The van der Waals surface area contributed by atoms with Crippen LogP contribution in [0.2, 0.25) is 0 Å². The first kappa shape index (κ1) is 28.4. The summed E-state index contributed by atoms with van der Waals surface area (Å²) in [6, 6.07) is 70.6. The summed E-state index contributed by atoms with van der Waals surface area (Å²) in [4.78, 5) is 4.81. The summed E-state index contributed by atoms with van der Waals surface area (Å²) in [5, 5.41) is 12.4. The van der Waals surface area contributed by atoms with Crippen molar-refractivity contribution in [3.63, 3.8) is 0 Å². The molecule has 2 heteroatoms. The zero-order valence-corrected chi connectivity index (χ0v) is 27.4. The summed E-state index contributed by atoms with van der Waals surface area (Å²) in [5.74, 6) is 0. The summed E-state index contributed by atoms with van der Waals surface area (Å²) in [6.45, 7) is 0. The van der Waals surface area contributed by atoms with Crippen LogP contribution < -0.4 is 9.80 Å². The van der Waals surface area contributed by atoms with Gasteiger partial charge in [0.1, 0.15) is 0 Å². The maximum Gasteiger partial charge on any atom is 0.0540 e. The monoisotopic (exact) mass is 636 g/mol. The first-order valence-corrected chi connectivity index (χ1v) is 17.2. The van der Waals surface area contributed by atoms with Crippen molar-refractivity contribution in [3.8, 4) is 0 Å². The molecule has 0 saturated heterocycles. The Balaban J connectivity index is 1.23. The highest BCUT2D eigenvalue weighted by Crippen LogP contribution is 2.47. The molecular formula is C48H32N2. The maximum atomic E-state index is 2.41. The summed E-state index contributed by atoms with van der Waals surface area (Å²) in [7, 11) is 0. The van der Waals surface area contributed by atoms with Crippen molar-refractivity contribution in [2.75, 3.05) is 9.80 Å². The normalized spacial score (nSPS) is 11.6. The fourth-order valence-electron chi connectivity index (χ4n) is 7.80. The molecule has 0 unspecified atom stereocenters. The van der Waals surface area contributed by atoms with Crippen LogP contribution >= 0.6 is 0 Å². The Hall–Kier alpha value is -6.64. The van der Waals surface area contributed by atoms with Crippen LogP contribution in [0.1, 0.15) is 0 Å². The van der Waals surface area contributed by atoms with E-state index in [-0.39, 0.29) is 0 Å². The molecule has 0 aliphatic heterocycles. The van der Waals surface area contributed by atoms with Gasteiger partial charge in [-0.05, 0) is 104 Å². The average molecular weight is 637 g/mol. The van der Waals surface area contributed by atoms with Crippen LogP contribution in [0.4, 0.5) is 34.1 Å². The lowest BCUT2D eigenvalue weighted by molar-refractivity contribution is 1.30. The van der Waals surface area contributed by atoms with Gasteiger partial charge in [0.25, 0.3) is 0 Å². The van der Waals surface area contributed by atoms with E-state index in [1.165, 1.54) is 53.9 Å². The van der Waals surface area contributed by atoms with Crippen molar-refractivity contribution in [2.45, 2.75) is 0 Å². The molecule has 0 bridgehead atoms. The van der Waals surface area contributed by atoms with Crippen LogP contribution in [0, 0.1) is 0 Å². The van der Waals surface area contributed by atoms with E-state index in [0.717, 1.165) is 34.1 Å². The molecule has 2 nitrogen and oxygen atoms in total. The molecule has 0 aromatic heterocycles. The Morgan fingerprint density at radius 2 is 0.600 bits per heavy atom. The van der Waals surface area contributed by atoms with E-state index >= 15 is 0 Å². The highest BCUT2D eigenvalue weighted by Gasteiger charge is 2.22. The van der Waals surface area contributed by atoms with Crippen LogP contribution in [-0.4, -0.2) is 0 Å². The molecule has 0 heterocycles. The lowest BCUT2D eigenvalue weighted by Gasteiger charge is -2.29. The van der Waals surface area contributed by atoms with Gasteiger partial charge in [-0.15, -0.1) is 0 Å². The van der Waals surface area contributed by atoms with Crippen molar-refractivity contribution < 1.29 is 0 Å². The fraction of sp³-hybridized carbons (Fsp3) is 0. The lowest BCUT2D eigenvalue weighted by Crippen LogP contribution is -2.11. The second kappa shape index (κ2) is 11.5. The van der Waals surface area contributed by atoms with Gasteiger partial charge in [0.15, 0.2) is 0 Å². The van der Waals surface area contributed by atoms with Gasteiger partial charge < -0.3 is 9.80 Å². The zero-order valence-electron chi connectivity index (χ0n) is 27.4. The maximum absolute atomic E-state index is 2.41. The fourth-order valence-corrected chi connectivity index (χ4v) is 7.80. The van der Waals surface area contributed by atoms with E-state index < -0.39 is 0 Å². The first-order valence-electron chi connectivity index (χ1n) is 17.2. The third-order valence-corrected chi connectivity index (χ3v) is 10.1. The Labute approximate surface area is 291 Å². The largest absolute Gasteiger partial charge is 0.310 e. The molecule has 50 heavy (non-hydrogen) atoms. The van der Waals surface area contributed by atoms with Gasteiger partial charge in [-0.1, -0.05) is 133 Å². The van der Waals surface area contributed by atoms with E-state index in [1.807, 2.05) is 0 Å². The third kappa shape index (κ3) is 4.57. The minimum absolute atomic E-state index is 1.13. The van der Waals surface area contributed by atoms with Crippen molar-refractivity contribution in [1.82, 2.24) is 0 Å². The van der Waals surface area contributed by atoms with Crippen molar-refractivity contribution >= 4 is 88.0 Å². The quantitative estimate of drug-likeness (QED) is 0.168. The zero-order chi connectivity index (χ0) is 33.0. The average Bonchev–Trinajstić information content (AvgIpc) is 3.19. The minimum atomic E-state index is 1.13. The van der Waals surface area contributed by atoms with Crippen LogP contribution in [-0.2, 0) is 0 Å². The van der Waals surface area contributed by atoms with Crippen LogP contribution in [0.3, 0.4) is 0 Å². The molecule has 0 fully saturated rings. The van der Waals surface area contributed by atoms with Crippen LogP contribution in [0.5, 0.6) is 0 Å². The standard InChI is InChI=1S/C48H32N2/c1-3-15-39(16-4-1)49(41-25-19-33-11-7-9-13-37(33)31-41)45-29-23-35-22-28-44-46(30-24-36-21-27-43(45)47(35)48(36)44)50(40-17-5-2-6-18-40)42-26-20-34-12-8-10-14-38(34)32-42/h1-32H. The van der Waals surface area contributed by atoms with E-state index in [4.69, 9.17) is 0 Å². The predicted octanol–water partition coefficient (Wildman–Crippen LogP) is 13.8. The van der Waals surface area contributed by atoms with Gasteiger partial charge in [-0.2, -0.15) is 0 Å². The van der Waals surface area contributed by atoms with E-state index in [2.05, 4.69) is 204 Å². The summed E-state index contributed by atoms with van der Waals surface area (Å²) >= 11 is 0. The molecule has 0 amide bonds. The van der Waals surface area contributed by atoms with Gasteiger partial charge in [0.05, 0.1) is 11.4 Å². The molecule has 10 aromatic carbocycles. The number of fused-ring (bicyclic) bond motifs is 2. The number of anilines is 6. The highest BCUT2D eigenvalue weighted by molar-refractivity contribution is 6.28. The number of rotatable bonds is 6. The molecule has 0 saturated carbocycles. The Bertz CT molecular complexity index is 2630. The number of hydrogen-bond acceptors (Lipinski definition) is 2. The van der Waals surface area contributed by atoms with Gasteiger partial charge in [0, 0.05) is 33.5 Å². The molecular weight excluding hydrogens is 605 g/mol. The first-order chi connectivity index (χ1) is 24.8. The molecule has 10 aromatic rings. The molecule has 0 aliphatic carbocycles. The van der Waals surface area contributed by atoms with Gasteiger partial charge >= 0.3 is 0 Å². The molecule has 0 radical (unpaired) electrons. The lowest BCUT2D eigenvalue weighted by atomic mass is 9.91. The molecule has 234 valence electrons. The van der Waals surface area contributed by atoms with E-state index in [9.17, 15) is 0 Å². The molecule has 10 rings (SSSR count). The number of para-hydroxylation sites is 2. The molecule has 0 N–H and O–H groups in total. The number of hydrogen-bond donors (Lipinski definition) is 0. The smallest absolute Gasteiger partial charge is 0.0540 e. The van der Waals surface area contributed by atoms with Crippen LogP contribution in [0.25, 0.3) is 53.9 Å². The topological polar surface area (TPSA) is 6.48 Å². The summed E-state index contributed by atoms with van der Waals surface area (Å²) < 4.78 is 0. The van der Waals surface area contributed by atoms with E-state index in [0.29, 0.717) is 0 Å². The summed E-state index contributed by atoms with van der Waals surface area (Å²) in [6.07, 6.45) is 0. The van der Waals surface area contributed by atoms with Gasteiger partial charge in [-0.25, -0.2) is 0 Å². The second-order valence-corrected chi connectivity index (χ2v) is 13.0. The van der Waals surface area contributed by atoms with Crippen molar-refractivity contribution in [2.24, 2.45) is 0 Å². The highest BCUT2D eigenvalue weighted by atomic mass is 15.1. The van der Waals surface area contributed by atoms with Crippen molar-refractivity contribution in [3.05, 3.63) is 194 Å². The Morgan fingerprint density at radius 1 is 0.240 bits per heavy atom. The van der Waals surface area contributed by atoms with Gasteiger partial charge in [0.2, 0.25) is 0 Å². The minimum Gasteiger partial charge on any atom is -0.310 e. The molecule has 0 aliphatic rings. The molecule has 0 atom stereocenters. The second-order valence-electron chi connectivity index (χ2n) is 13.0. The number of benzene rings is 10. The van der Waals surface area contributed by atoms with Crippen LogP contribution in [0.15, 0.2) is 194 Å². The Morgan fingerprint density at radius 3 is 1.04 bits per heavy atom. The van der Waals surface area contributed by atoms with E-state index in [1.54, 1.807) is 0 Å². The predicted molar refractivity (Wildman–Crippen MR) is 215 cm³/mol.